The number of benzene rings is 2. The highest BCUT2D eigenvalue weighted by molar-refractivity contribution is 9.10. The van der Waals surface area contributed by atoms with Gasteiger partial charge in [0.1, 0.15) is 11.5 Å². The van der Waals surface area contributed by atoms with Gasteiger partial charge in [0.05, 0.1) is 31.0 Å². The van der Waals surface area contributed by atoms with E-state index in [1.54, 1.807) is 63.2 Å². The van der Waals surface area contributed by atoms with Crippen LogP contribution in [-0.2, 0) is 23.9 Å². The number of hydrazone groups is 1. The summed E-state index contributed by atoms with van der Waals surface area (Å²) in [7, 11) is 0. The molecule has 212 valence electrons. The van der Waals surface area contributed by atoms with Crippen LogP contribution in [-0.4, -0.2) is 55.6 Å². The van der Waals surface area contributed by atoms with Gasteiger partial charge in [0.2, 0.25) is 0 Å². The molecule has 1 heterocycles. The van der Waals surface area contributed by atoms with Gasteiger partial charge in [0.25, 0.3) is 5.91 Å². The second-order valence-corrected chi connectivity index (χ2v) is 9.51. The van der Waals surface area contributed by atoms with Crippen LogP contribution in [0.4, 0.5) is 0 Å². The summed E-state index contributed by atoms with van der Waals surface area (Å²) in [6.07, 6.45) is 1.39. The standard InChI is InChI=1S/C27H29BrN4O7S/c1-4-36-23(34)15-39-20-11-10-18(28)12-17(20)13-29-32-22(33)14-38-21-9-7-6-8-19(21)25-24(26(35)37-5-2)16(3)30-27(40)31-25/h6-13,25H,4-5,14-15H2,1-3H3,(H,32,33)(H2,30,31,40)/t25-/m1/s1. The molecule has 0 aromatic heterocycles. The molecule has 1 aliphatic rings. The molecule has 11 nitrogen and oxygen atoms in total. The molecule has 0 spiro atoms. The van der Waals surface area contributed by atoms with E-state index in [9.17, 15) is 14.4 Å². The molecule has 1 aliphatic heterocycles. The lowest BCUT2D eigenvalue weighted by Gasteiger charge is -2.30. The molecule has 0 fully saturated rings. The zero-order valence-corrected chi connectivity index (χ0v) is 24.5. The lowest BCUT2D eigenvalue weighted by Crippen LogP contribution is -2.45. The minimum absolute atomic E-state index is 0.213. The van der Waals surface area contributed by atoms with Crippen molar-refractivity contribution < 1.29 is 33.3 Å². The summed E-state index contributed by atoms with van der Waals surface area (Å²) in [6, 6.07) is 11.5. The van der Waals surface area contributed by atoms with E-state index in [2.05, 4.69) is 37.1 Å². The van der Waals surface area contributed by atoms with Crippen molar-refractivity contribution >= 4 is 57.3 Å². The van der Waals surface area contributed by atoms with Gasteiger partial charge in [-0.2, -0.15) is 5.10 Å². The molecule has 0 unspecified atom stereocenters. The zero-order chi connectivity index (χ0) is 29.1. The zero-order valence-electron chi connectivity index (χ0n) is 22.1. The summed E-state index contributed by atoms with van der Waals surface area (Å²) in [5.41, 5.74) is 4.44. The first-order valence-corrected chi connectivity index (χ1v) is 13.5. The van der Waals surface area contributed by atoms with Crippen LogP contribution in [0.3, 0.4) is 0 Å². The number of esters is 2. The Kier molecular flexibility index (Phi) is 11.5. The predicted octanol–water partition coefficient (Wildman–Crippen LogP) is 3.28. The highest BCUT2D eigenvalue weighted by Crippen LogP contribution is 2.33. The summed E-state index contributed by atoms with van der Waals surface area (Å²) >= 11 is 8.67. The Bertz CT molecular complexity index is 1330. The summed E-state index contributed by atoms with van der Waals surface area (Å²) in [5, 5.41) is 10.3. The fourth-order valence-corrected chi connectivity index (χ4v) is 4.35. The number of halogens is 1. The molecule has 0 radical (unpaired) electrons. The van der Waals surface area contributed by atoms with Crippen LogP contribution in [0, 0.1) is 0 Å². The number of nitrogens with one attached hydrogen (secondary N) is 3. The molecule has 1 atom stereocenters. The van der Waals surface area contributed by atoms with Crippen molar-refractivity contribution in [3.63, 3.8) is 0 Å². The molecule has 40 heavy (non-hydrogen) atoms. The average Bonchev–Trinajstić information content (AvgIpc) is 2.91. The molecule has 13 heteroatoms. The number of carbonyl (C=O) groups is 3. The molecule has 3 rings (SSSR count). The number of carbonyl (C=O) groups excluding carboxylic acids is 3. The van der Waals surface area contributed by atoms with E-state index in [0.29, 0.717) is 39.0 Å². The van der Waals surface area contributed by atoms with Crippen LogP contribution in [0.25, 0.3) is 0 Å². The van der Waals surface area contributed by atoms with Crippen LogP contribution in [0.1, 0.15) is 37.9 Å². The van der Waals surface area contributed by atoms with Crippen LogP contribution in [0.15, 0.2) is 63.3 Å². The lowest BCUT2D eigenvalue weighted by atomic mass is 9.95. The van der Waals surface area contributed by atoms with E-state index in [0.717, 1.165) is 4.47 Å². The topological polar surface area (TPSA) is 137 Å². The maximum atomic E-state index is 12.7. The quantitative estimate of drug-likeness (QED) is 0.138. The Morgan fingerprint density at radius 1 is 1.05 bits per heavy atom. The van der Waals surface area contributed by atoms with E-state index in [1.165, 1.54) is 6.21 Å². The van der Waals surface area contributed by atoms with E-state index in [-0.39, 0.29) is 26.4 Å². The molecule has 2 aromatic rings. The fraction of sp³-hybridized carbons (Fsp3) is 0.296. The number of amides is 1. The van der Waals surface area contributed by atoms with Crippen LogP contribution >= 0.6 is 28.1 Å². The van der Waals surface area contributed by atoms with Gasteiger partial charge in [-0.25, -0.2) is 15.0 Å². The normalized spacial score (nSPS) is 14.7. The molecular weight excluding hydrogens is 604 g/mol. The minimum Gasteiger partial charge on any atom is -0.483 e. The van der Waals surface area contributed by atoms with Crippen LogP contribution < -0.4 is 25.5 Å². The third-order valence-corrected chi connectivity index (χ3v) is 6.08. The number of allylic oxidation sites excluding steroid dienone is 1. The van der Waals surface area contributed by atoms with Crippen molar-refractivity contribution in [2.45, 2.75) is 26.8 Å². The van der Waals surface area contributed by atoms with Gasteiger partial charge in [0, 0.05) is 21.3 Å². The molecule has 1 amide bonds. The second kappa shape index (κ2) is 15.0. The van der Waals surface area contributed by atoms with E-state index in [1.807, 2.05) is 0 Å². The van der Waals surface area contributed by atoms with E-state index in [4.69, 9.17) is 31.2 Å². The van der Waals surface area contributed by atoms with Crippen molar-refractivity contribution in [3.05, 3.63) is 69.3 Å². The maximum absolute atomic E-state index is 12.7. The van der Waals surface area contributed by atoms with Crippen molar-refractivity contribution in [2.75, 3.05) is 26.4 Å². The van der Waals surface area contributed by atoms with Gasteiger partial charge < -0.3 is 29.6 Å². The van der Waals surface area contributed by atoms with Crippen molar-refractivity contribution in [3.8, 4) is 11.5 Å². The summed E-state index contributed by atoms with van der Waals surface area (Å²) in [5.74, 6) is -0.762. The second-order valence-electron chi connectivity index (χ2n) is 8.19. The Morgan fingerprint density at radius 3 is 2.52 bits per heavy atom. The monoisotopic (exact) mass is 632 g/mol. The fourth-order valence-electron chi connectivity index (χ4n) is 3.70. The molecule has 0 aliphatic carbocycles. The number of para-hydroxylation sites is 1. The van der Waals surface area contributed by atoms with Gasteiger partial charge in [-0.05, 0) is 57.3 Å². The van der Waals surface area contributed by atoms with E-state index < -0.39 is 23.9 Å². The number of thiocarbonyl (C=S) groups is 1. The number of hydrogen-bond acceptors (Lipinski definition) is 9. The summed E-state index contributed by atoms with van der Waals surface area (Å²) < 4.78 is 22.2. The number of ether oxygens (including phenoxy) is 4. The van der Waals surface area contributed by atoms with Crippen molar-refractivity contribution in [1.82, 2.24) is 16.1 Å². The first kappa shape index (κ1) is 30.6. The third kappa shape index (κ3) is 8.52. The van der Waals surface area contributed by atoms with Crippen molar-refractivity contribution in [2.24, 2.45) is 5.10 Å². The number of nitrogens with zero attached hydrogens (tertiary/aromatic N) is 1. The first-order valence-electron chi connectivity index (χ1n) is 12.3. The summed E-state index contributed by atoms with van der Waals surface area (Å²) in [6.45, 7) is 5.01. The smallest absolute Gasteiger partial charge is 0.344 e. The van der Waals surface area contributed by atoms with Crippen LogP contribution in [0.2, 0.25) is 0 Å². The Morgan fingerprint density at radius 2 is 1.77 bits per heavy atom. The van der Waals surface area contributed by atoms with Gasteiger partial charge in [-0.1, -0.05) is 34.1 Å². The molecule has 0 bridgehead atoms. The molecule has 3 N–H and O–H groups in total. The first-order chi connectivity index (χ1) is 19.2. The molecule has 0 saturated heterocycles. The lowest BCUT2D eigenvalue weighted by molar-refractivity contribution is -0.145. The molecule has 2 aromatic carbocycles. The Balaban J connectivity index is 1.68. The number of rotatable bonds is 12. The molecule has 0 saturated carbocycles. The highest BCUT2D eigenvalue weighted by atomic mass is 79.9. The van der Waals surface area contributed by atoms with Gasteiger partial charge in [0.15, 0.2) is 18.3 Å². The molecular formula is C27H29BrN4O7S. The summed E-state index contributed by atoms with van der Waals surface area (Å²) in [4.78, 5) is 36.8. The number of hydrogen-bond donors (Lipinski definition) is 3. The SMILES string of the molecule is CCOC(=O)COc1ccc(Br)cc1C=NNC(=O)COc1ccccc1[C@H]1NC(=S)NC(C)=C1C(=O)OCC. The van der Waals surface area contributed by atoms with Gasteiger partial charge in [-0.3, -0.25) is 4.79 Å². The minimum atomic E-state index is -0.644. The predicted molar refractivity (Wildman–Crippen MR) is 155 cm³/mol. The Labute approximate surface area is 245 Å². The third-order valence-electron chi connectivity index (χ3n) is 5.37. The Hall–Kier alpha value is -3.97. The van der Waals surface area contributed by atoms with Gasteiger partial charge >= 0.3 is 11.9 Å². The van der Waals surface area contributed by atoms with Gasteiger partial charge in [-0.15, -0.1) is 0 Å². The average molecular weight is 634 g/mol. The largest absolute Gasteiger partial charge is 0.483 e. The van der Waals surface area contributed by atoms with E-state index >= 15 is 0 Å². The van der Waals surface area contributed by atoms with Crippen LogP contribution in [0.5, 0.6) is 11.5 Å². The maximum Gasteiger partial charge on any atom is 0.344 e. The van der Waals surface area contributed by atoms with Crippen molar-refractivity contribution in [1.29, 1.82) is 0 Å². The highest BCUT2D eigenvalue weighted by Gasteiger charge is 2.32.